The zero-order valence-corrected chi connectivity index (χ0v) is 17.3. The third-order valence-electron chi connectivity index (χ3n) is 5.04. The number of ether oxygens (including phenoxy) is 1. The average molecular weight is 429 g/mol. The smallest absolute Gasteiger partial charge is 0.286 e. The Morgan fingerprint density at radius 1 is 0.871 bits per heavy atom. The summed E-state index contributed by atoms with van der Waals surface area (Å²) in [4.78, 5) is 22.8. The number of hydrogen-bond donors (Lipinski definition) is 0. The van der Waals surface area contributed by atoms with Crippen molar-refractivity contribution in [1.82, 2.24) is 19.1 Å². The van der Waals surface area contributed by atoms with Crippen LogP contribution in [0, 0.1) is 0 Å². The predicted octanol–water partition coefficient (Wildman–Crippen LogP) is 4.90. The van der Waals surface area contributed by atoms with Gasteiger partial charge in [-0.3, -0.25) is 13.9 Å². The Balaban J connectivity index is 1.82. The molecule has 0 saturated heterocycles. The zero-order chi connectivity index (χ0) is 21.4. The summed E-state index contributed by atoms with van der Waals surface area (Å²) in [5.74, 6) is 1.22. The molecule has 0 amide bonds. The standard InChI is InChI=1S/C24H17ClN4O2/c1-31-20-13-7-16(8-14-20)22-27-23-21(26-15-28(23)18-5-3-2-4-6-18)24(30)29(22)19-11-9-17(25)10-12-19/h2-15H,1H3. The lowest BCUT2D eigenvalue weighted by molar-refractivity contribution is 0.415. The van der Waals surface area contributed by atoms with E-state index >= 15 is 0 Å². The molecule has 0 unspecified atom stereocenters. The van der Waals surface area contributed by atoms with Gasteiger partial charge in [-0.05, 0) is 60.7 Å². The molecule has 0 atom stereocenters. The van der Waals surface area contributed by atoms with Crippen molar-refractivity contribution in [1.29, 1.82) is 0 Å². The van der Waals surface area contributed by atoms with Gasteiger partial charge in [-0.25, -0.2) is 9.97 Å². The highest BCUT2D eigenvalue weighted by Gasteiger charge is 2.18. The number of halogens is 1. The topological polar surface area (TPSA) is 61.9 Å². The van der Waals surface area contributed by atoms with E-state index < -0.39 is 0 Å². The maximum Gasteiger partial charge on any atom is 0.286 e. The molecular formula is C24H17ClN4O2. The van der Waals surface area contributed by atoms with Gasteiger partial charge in [-0.1, -0.05) is 29.8 Å². The molecule has 5 aromatic rings. The van der Waals surface area contributed by atoms with Crippen LogP contribution in [0.15, 0.2) is 90.0 Å². The van der Waals surface area contributed by atoms with Crippen LogP contribution in [-0.4, -0.2) is 26.2 Å². The quantitative estimate of drug-likeness (QED) is 0.408. The molecule has 0 spiro atoms. The minimum atomic E-state index is -0.257. The van der Waals surface area contributed by atoms with Crippen molar-refractivity contribution >= 4 is 22.8 Å². The minimum Gasteiger partial charge on any atom is -0.497 e. The molecule has 0 aliphatic carbocycles. The Labute approximate surface area is 183 Å². The lowest BCUT2D eigenvalue weighted by Crippen LogP contribution is -2.22. The van der Waals surface area contributed by atoms with Gasteiger partial charge < -0.3 is 4.74 Å². The molecule has 6 nitrogen and oxygen atoms in total. The van der Waals surface area contributed by atoms with Crippen molar-refractivity contribution in [3.8, 4) is 28.5 Å². The highest BCUT2D eigenvalue weighted by Crippen LogP contribution is 2.25. The van der Waals surface area contributed by atoms with E-state index in [-0.39, 0.29) is 11.1 Å². The molecule has 0 saturated carbocycles. The maximum absolute atomic E-state index is 13.6. The molecular weight excluding hydrogens is 412 g/mol. The van der Waals surface area contributed by atoms with Crippen LogP contribution in [-0.2, 0) is 0 Å². The zero-order valence-electron chi connectivity index (χ0n) is 16.6. The third-order valence-corrected chi connectivity index (χ3v) is 5.29. The molecule has 3 aromatic carbocycles. The van der Waals surface area contributed by atoms with Crippen LogP contribution in [0.1, 0.15) is 0 Å². The maximum atomic E-state index is 13.6. The van der Waals surface area contributed by atoms with Crippen LogP contribution in [0.2, 0.25) is 5.02 Å². The molecule has 2 heterocycles. The molecule has 7 heteroatoms. The Bertz CT molecular complexity index is 1420. The number of para-hydroxylation sites is 1. The van der Waals surface area contributed by atoms with Crippen LogP contribution >= 0.6 is 11.6 Å². The van der Waals surface area contributed by atoms with E-state index in [1.807, 2.05) is 59.2 Å². The number of rotatable bonds is 4. The van der Waals surface area contributed by atoms with Gasteiger partial charge in [0, 0.05) is 16.3 Å². The number of nitrogens with zero attached hydrogens (tertiary/aromatic N) is 4. The molecule has 31 heavy (non-hydrogen) atoms. The molecule has 0 fully saturated rings. The number of aromatic nitrogens is 4. The second-order valence-corrected chi connectivity index (χ2v) is 7.34. The predicted molar refractivity (Wildman–Crippen MR) is 121 cm³/mol. The molecule has 0 bridgehead atoms. The van der Waals surface area contributed by atoms with Gasteiger partial charge in [0.1, 0.15) is 17.9 Å². The largest absolute Gasteiger partial charge is 0.497 e. The SMILES string of the molecule is COc1ccc(-c2nc3c(ncn3-c3ccccc3)c(=O)n2-c2ccc(Cl)cc2)cc1. The number of hydrogen-bond acceptors (Lipinski definition) is 4. The summed E-state index contributed by atoms with van der Waals surface area (Å²) >= 11 is 6.06. The summed E-state index contributed by atoms with van der Waals surface area (Å²) in [5, 5.41) is 0.588. The van der Waals surface area contributed by atoms with E-state index in [0.717, 1.165) is 17.0 Å². The molecule has 152 valence electrons. The highest BCUT2D eigenvalue weighted by atomic mass is 35.5. The van der Waals surface area contributed by atoms with E-state index in [0.29, 0.717) is 22.2 Å². The first-order valence-electron chi connectivity index (χ1n) is 9.61. The van der Waals surface area contributed by atoms with E-state index in [1.165, 1.54) is 0 Å². The van der Waals surface area contributed by atoms with Crippen LogP contribution < -0.4 is 10.3 Å². The van der Waals surface area contributed by atoms with Gasteiger partial charge in [0.2, 0.25) is 0 Å². The summed E-state index contributed by atoms with van der Waals surface area (Å²) in [5.41, 5.74) is 2.83. The van der Waals surface area contributed by atoms with Gasteiger partial charge in [0.05, 0.1) is 12.8 Å². The molecule has 0 aliphatic rings. The van der Waals surface area contributed by atoms with E-state index in [9.17, 15) is 4.79 Å². The number of imidazole rings is 1. The highest BCUT2D eigenvalue weighted by molar-refractivity contribution is 6.30. The second-order valence-electron chi connectivity index (χ2n) is 6.90. The Hall–Kier alpha value is -3.90. The van der Waals surface area contributed by atoms with Gasteiger partial charge >= 0.3 is 0 Å². The van der Waals surface area contributed by atoms with Gasteiger partial charge in [0.15, 0.2) is 11.2 Å². The molecule has 0 N–H and O–H groups in total. The van der Waals surface area contributed by atoms with Crippen molar-refractivity contribution in [2.75, 3.05) is 7.11 Å². The van der Waals surface area contributed by atoms with Gasteiger partial charge in [0.25, 0.3) is 5.56 Å². The second kappa shape index (κ2) is 7.74. The molecule has 5 rings (SSSR count). The summed E-state index contributed by atoms with van der Waals surface area (Å²) in [6.45, 7) is 0. The first kappa shape index (κ1) is 19.1. The molecule has 0 aliphatic heterocycles. The average Bonchev–Trinajstić information content (AvgIpc) is 3.25. The van der Waals surface area contributed by atoms with Crippen molar-refractivity contribution in [3.63, 3.8) is 0 Å². The first-order chi connectivity index (χ1) is 15.2. The monoisotopic (exact) mass is 428 g/mol. The lowest BCUT2D eigenvalue weighted by Gasteiger charge is -2.14. The molecule has 0 radical (unpaired) electrons. The summed E-state index contributed by atoms with van der Waals surface area (Å²) in [6.07, 6.45) is 1.62. The fraction of sp³-hybridized carbons (Fsp3) is 0.0417. The van der Waals surface area contributed by atoms with Crippen LogP contribution in [0.25, 0.3) is 33.9 Å². The molecule has 2 aromatic heterocycles. The Morgan fingerprint density at radius 2 is 1.58 bits per heavy atom. The van der Waals surface area contributed by atoms with Crippen molar-refractivity contribution < 1.29 is 4.74 Å². The van der Waals surface area contributed by atoms with Crippen LogP contribution in [0.4, 0.5) is 0 Å². The van der Waals surface area contributed by atoms with Crippen molar-refractivity contribution in [2.24, 2.45) is 0 Å². The summed E-state index contributed by atoms with van der Waals surface area (Å²) in [7, 11) is 1.61. The third kappa shape index (κ3) is 3.37. The number of benzene rings is 3. The van der Waals surface area contributed by atoms with Gasteiger partial charge in [-0.15, -0.1) is 0 Å². The number of methoxy groups -OCH3 is 1. The fourth-order valence-electron chi connectivity index (χ4n) is 3.49. The van der Waals surface area contributed by atoms with Crippen LogP contribution in [0.5, 0.6) is 5.75 Å². The summed E-state index contributed by atoms with van der Waals surface area (Å²) < 4.78 is 8.65. The fourth-order valence-corrected chi connectivity index (χ4v) is 3.62. The van der Waals surface area contributed by atoms with Crippen molar-refractivity contribution in [2.45, 2.75) is 0 Å². The normalized spacial score (nSPS) is 11.0. The van der Waals surface area contributed by atoms with E-state index in [2.05, 4.69) is 4.98 Å². The number of fused-ring (bicyclic) bond motifs is 1. The Morgan fingerprint density at radius 3 is 2.26 bits per heavy atom. The minimum absolute atomic E-state index is 0.257. The van der Waals surface area contributed by atoms with Crippen molar-refractivity contribution in [3.05, 3.63) is 101 Å². The van der Waals surface area contributed by atoms with Crippen LogP contribution in [0.3, 0.4) is 0 Å². The summed E-state index contributed by atoms with van der Waals surface area (Å²) in [6, 6.07) is 24.2. The Kier molecular flexibility index (Phi) is 4.76. The van der Waals surface area contributed by atoms with E-state index in [1.54, 1.807) is 42.3 Å². The van der Waals surface area contributed by atoms with E-state index in [4.69, 9.17) is 21.3 Å². The first-order valence-corrected chi connectivity index (χ1v) is 9.99. The van der Waals surface area contributed by atoms with Gasteiger partial charge in [-0.2, -0.15) is 0 Å². The lowest BCUT2D eigenvalue weighted by atomic mass is 10.2.